The van der Waals surface area contributed by atoms with Gasteiger partial charge >= 0.3 is 0 Å². The molecule has 2 saturated heterocycles. The van der Waals surface area contributed by atoms with E-state index in [4.69, 9.17) is 0 Å². The van der Waals surface area contributed by atoms with E-state index in [-0.39, 0.29) is 0 Å². The van der Waals surface area contributed by atoms with Crippen LogP contribution in [0.5, 0.6) is 0 Å². The number of nitrogens with zero attached hydrogens (tertiary/aromatic N) is 2. The topological polar surface area (TPSA) is 61.8 Å². The number of nitrogens with one attached hydrogen (secondary N) is 1. The second kappa shape index (κ2) is 6.93. The fourth-order valence-corrected chi connectivity index (χ4v) is 6.65. The second-order valence-corrected chi connectivity index (χ2v) is 11.0. The third kappa shape index (κ3) is 3.67. The van der Waals surface area contributed by atoms with Crippen molar-refractivity contribution < 1.29 is 8.42 Å². The molecule has 0 amide bonds. The molecule has 5 atom stereocenters. The lowest BCUT2D eigenvalue weighted by molar-refractivity contribution is 0.0881. The molecular weight excluding hydrogens is 334 g/mol. The molecule has 1 N–H and O–H groups in total. The molecule has 4 aliphatic rings. The molecule has 0 bridgehead atoms. The number of piperidine rings is 1. The van der Waals surface area contributed by atoms with Crippen molar-refractivity contribution in [2.75, 3.05) is 25.9 Å². The van der Waals surface area contributed by atoms with Gasteiger partial charge in [0, 0.05) is 43.9 Å². The highest BCUT2D eigenvalue weighted by atomic mass is 32.2. The first-order valence-electron chi connectivity index (χ1n) is 10.2. The third-order valence-electron chi connectivity index (χ3n) is 7.22. The number of hydrogen-bond acceptors (Lipinski definition) is 5. The van der Waals surface area contributed by atoms with E-state index in [2.05, 4.69) is 22.1 Å². The van der Waals surface area contributed by atoms with Crippen molar-refractivity contribution in [1.29, 1.82) is 0 Å². The Hall–Kier alpha value is -0.460. The van der Waals surface area contributed by atoms with Gasteiger partial charge in [-0.1, -0.05) is 19.8 Å². The van der Waals surface area contributed by atoms with Crippen molar-refractivity contribution in [2.45, 2.75) is 70.0 Å². The van der Waals surface area contributed by atoms with Gasteiger partial charge in [0.2, 0.25) is 0 Å². The SMILES string of the molecule is CC1CC(S(C)(=O)=O)=NCC1N1CCC2NC(C3CCCC3)CC2C1. The average molecular weight is 368 g/mol. The fraction of sp³-hybridized carbons (Fsp3) is 0.947. The highest BCUT2D eigenvalue weighted by molar-refractivity contribution is 8.05. The predicted molar refractivity (Wildman–Crippen MR) is 102 cm³/mol. The van der Waals surface area contributed by atoms with Crippen LogP contribution in [-0.4, -0.2) is 62.4 Å². The summed E-state index contributed by atoms with van der Waals surface area (Å²) in [5.41, 5.74) is 0. The van der Waals surface area contributed by atoms with Crippen LogP contribution >= 0.6 is 0 Å². The Bertz CT molecular complexity index is 627. The lowest BCUT2D eigenvalue weighted by Crippen LogP contribution is -2.53. The summed E-state index contributed by atoms with van der Waals surface area (Å²) >= 11 is 0. The van der Waals surface area contributed by atoms with E-state index in [1.807, 2.05) is 0 Å². The molecule has 1 aliphatic carbocycles. The summed E-state index contributed by atoms with van der Waals surface area (Å²) in [6, 6.07) is 1.86. The predicted octanol–water partition coefficient (Wildman–Crippen LogP) is 2.08. The van der Waals surface area contributed by atoms with Crippen LogP contribution in [0.3, 0.4) is 0 Å². The van der Waals surface area contributed by atoms with Crippen LogP contribution in [0.4, 0.5) is 0 Å². The van der Waals surface area contributed by atoms with Gasteiger partial charge in [-0.2, -0.15) is 0 Å². The summed E-state index contributed by atoms with van der Waals surface area (Å²) in [5.74, 6) is 2.06. The average Bonchev–Trinajstić information content (AvgIpc) is 3.22. The zero-order valence-electron chi connectivity index (χ0n) is 15.7. The van der Waals surface area contributed by atoms with Crippen LogP contribution in [0.2, 0.25) is 0 Å². The Labute approximate surface area is 152 Å². The summed E-state index contributed by atoms with van der Waals surface area (Å²) in [4.78, 5) is 7.06. The minimum Gasteiger partial charge on any atom is -0.311 e. The Kier molecular flexibility index (Phi) is 4.97. The van der Waals surface area contributed by atoms with E-state index >= 15 is 0 Å². The molecule has 142 valence electrons. The van der Waals surface area contributed by atoms with Crippen molar-refractivity contribution in [1.82, 2.24) is 10.2 Å². The van der Waals surface area contributed by atoms with Crippen molar-refractivity contribution in [2.24, 2.45) is 22.7 Å². The van der Waals surface area contributed by atoms with Gasteiger partial charge in [0.15, 0.2) is 9.84 Å². The lowest BCUT2D eigenvalue weighted by Gasteiger charge is -2.43. The Morgan fingerprint density at radius 3 is 2.56 bits per heavy atom. The van der Waals surface area contributed by atoms with Gasteiger partial charge in [-0.05, 0) is 43.4 Å². The number of likely N-dealkylation sites (tertiary alicyclic amines) is 1. The standard InChI is InChI=1S/C19H33N3O2S/c1-13-9-19(25(2,23)24)20-11-18(13)22-8-7-16-15(12-22)10-17(21-16)14-5-3-4-6-14/h13-18,21H,3-12H2,1-2H3. The second-order valence-electron chi connectivity index (χ2n) is 8.96. The van der Waals surface area contributed by atoms with Crippen LogP contribution in [0.25, 0.3) is 0 Å². The van der Waals surface area contributed by atoms with Gasteiger partial charge in [0.1, 0.15) is 5.04 Å². The normalized spacial score (nSPS) is 40.9. The van der Waals surface area contributed by atoms with Gasteiger partial charge < -0.3 is 5.32 Å². The van der Waals surface area contributed by atoms with E-state index in [9.17, 15) is 8.42 Å². The zero-order valence-corrected chi connectivity index (χ0v) is 16.5. The van der Waals surface area contributed by atoms with Crippen LogP contribution in [0.15, 0.2) is 4.99 Å². The largest absolute Gasteiger partial charge is 0.311 e. The van der Waals surface area contributed by atoms with Crippen LogP contribution < -0.4 is 5.32 Å². The number of rotatable bonds is 2. The number of aliphatic imine (C=N–C) groups is 1. The van der Waals surface area contributed by atoms with Crippen LogP contribution in [0, 0.1) is 17.8 Å². The highest BCUT2D eigenvalue weighted by Gasteiger charge is 2.43. The van der Waals surface area contributed by atoms with Crippen molar-refractivity contribution in [3.63, 3.8) is 0 Å². The third-order valence-corrected chi connectivity index (χ3v) is 8.38. The molecular formula is C19H33N3O2S. The number of hydrogen-bond donors (Lipinski definition) is 1. The molecule has 5 unspecified atom stereocenters. The Balaban J connectivity index is 1.38. The van der Waals surface area contributed by atoms with E-state index in [0.717, 1.165) is 24.4 Å². The first-order chi connectivity index (χ1) is 11.9. The monoisotopic (exact) mass is 367 g/mol. The van der Waals surface area contributed by atoms with Gasteiger partial charge in [-0.25, -0.2) is 8.42 Å². The van der Waals surface area contributed by atoms with Crippen molar-refractivity contribution in [3.8, 4) is 0 Å². The lowest BCUT2D eigenvalue weighted by atomic mass is 9.86. The smallest absolute Gasteiger partial charge is 0.188 e. The van der Waals surface area contributed by atoms with Crippen molar-refractivity contribution >= 4 is 14.9 Å². The van der Waals surface area contributed by atoms with E-state index < -0.39 is 9.84 Å². The van der Waals surface area contributed by atoms with Gasteiger partial charge in [-0.3, -0.25) is 9.89 Å². The molecule has 0 aromatic heterocycles. The number of sulfone groups is 1. The Morgan fingerprint density at radius 1 is 1.12 bits per heavy atom. The first kappa shape index (κ1) is 17.9. The maximum atomic E-state index is 11.8. The molecule has 0 aromatic rings. The molecule has 25 heavy (non-hydrogen) atoms. The molecule has 3 fully saturated rings. The van der Waals surface area contributed by atoms with E-state index in [1.165, 1.54) is 51.3 Å². The van der Waals surface area contributed by atoms with Crippen molar-refractivity contribution in [3.05, 3.63) is 0 Å². The molecule has 5 nitrogen and oxygen atoms in total. The summed E-state index contributed by atoms with van der Waals surface area (Å²) in [7, 11) is -3.12. The molecule has 0 spiro atoms. The molecule has 0 aromatic carbocycles. The molecule has 3 aliphatic heterocycles. The quantitative estimate of drug-likeness (QED) is 0.812. The minimum absolute atomic E-state index is 0.374. The van der Waals surface area contributed by atoms with Gasteiger partial charge in [0.05, 0.1) is 6.54 Å². The summed E-state index contributed by atoms with van der Waals surface area (Å²) in [5, 5.41) is 4.37. The summed E-state index contributed by atoms with van der Waals surface area (Å²) in [6.07, 6.45) is 10.2. The minimum atomic E-state index is -3.12. The maximum Gasteiger partial charge on any atom is 0.188 e. The fourth-order valence-electron chi connectivity index (χ4n) is 5.77. The molecule has 4 rings (SSSR count). The molecule has 6 heteroatoms. The summed E-state index contributed by atoms with van der Waals surface area (Å²) < 4.78 is 23.5. The van der Waals surface area contributed by atoms with E-state index in [1.54, 1.807) is 0 Å². The zero-order chi connectivity index (χ0) is 17.6. The van der Waals surface area contributed by atoms with Crippen LogP contribution in [-0.2, 0) is 9.84 Å². The van der Waals surface area contributed by atoms with Crippen LogP contribution in [0.1, 0.15) is 51.9 Å². The van der Waals surface area contributed by atoms with Gasteiger partial charge in [0.25, 0.3) is 0 Å². The summed E-state index contributed by atoms with van der Waals surface area (Å²) in [6.45, 7) is 5.15. The molecule has 0 radical (unpaired) electrons. The molecule has 1 saturated carbocycles. The number of fused-ring (bicyclic) bond motifs is 1. The highest BCUT2D eigenvalue weighted by Crippen LogP contribution is 2.38. The first-order valence-corrected chi connectivity index (χ1v) is 12.0. The van der Waals surface area contributed by atoms with Gasteiger partial charge in [-0.15, -0.1) is 0 Å². The molecule has 3 heterocycles. The maximum absolute atomic E-state index is 11.8. The van der Waals surface area contributed by atoms with E-state index in [0.29, 0.717) is 36.0 Å². The Morgan fingerprint density at radius 2 is 1.88 bits per heavy atom.